The summed E-state index contributed by atoms with van der Waals surface area (Å²) in [6, 6.07) is 9.97. The molecule has 1 aromatic carbocycles. The van der Waals surface area contributed by atoms with Gasteiger partial charge in [0.2, 0.25) is 0 Å². The van der Waals surface area contributed by atoms with Crippen molar-refractivity contribution in [3.05, 3.63) is 53.2 Å². The highest BCUT2D eigenvalue weighted by Crippen LogP contribution is 2.31. The van der Waals surface area contributed by atoms with E-state index in [1.54, 1.807) is 18.0 Å². The van der Waals surface area contributed by atoms with Gasteiger partial charge in [0.25, 0.3) is 5.91 Å². The molecule has 2 rings (SSSR count). The van der Waals surface area contributed by atoms with Crippen LogP contribution >= 0.6 is 11.8 Å². The molecule has 0 spiro atoms. The number of aromatic nitrogens is 1. The molecule has 0 atom stereocenters. The first-order valence-corrected chi connectivity index (χ1v) is 8.41. The predicted molar refractivity (Wildman–Crippen MR) is 91.5 cm³/mol. The Labute approximate surface area is 136 Å². The second-order valence-electron chi connectivity index (χ2n) is 5.34. The summed E-state index contributed by atoms with van der Waals surface area (Å²) < 4.78 is 0. The van der Waals surface area contributed by atoms with E-state index in [2.05, 4.69) is 49.3 Å². The highest BCUT2D eigenvalue weighted by atomic mass is 32.2. The molecule has 0 aliphatic heterocycles. The molecule has 0 saturated heterocycles. The Bertz CT molecular complexity index is 655. The van der Waals surface area contributed by atoms with Gasteiger partial charge in [0.15, 0.2) is 0 Å². The maximum absolute atomic E-state index is 12.3. The van der Waals surface area contributed by atoms with Crippen molar-refractivity contribution in [2.45, 2.75) is 43.5 Å². The molecule has 0 fully saturated rings. The topological polar surface area (TPSA) is 42.0 Å². The van der Waals surface area contributed by atoms with Gasteiger partial charge in [-0.2, -0.15) is 0 Å². The number of unbranched alkanes of at least 4 members (excludes halogenated alkanes) is 1. The lowest BCUT2D eigenvalue weighted by Gasteiger charge is -2.10. The minimum absolute atomic E-state index is 0.0469. The molecular weight excluding hydrogens is 292 g/mol. The molecule has 1 aromatic heterocycles. The van der Waals surface area contributed by atoms with Crippen molar-refractivity contribution in [1.29, 1.82) is 0 Å². The number of hydrogen-bond acceptors (Lipinski definition) is 3. The second kappa shape index (κ2) is 7.99. The zero-order valence-electron chi connectivity index (χ0n) is 13.3. The van der Waals surface area contributed by atoms with Gasteiger partial charge < -0.3 is 5.32 Å². The third kappa shape index (κ3) is 4.34. The fourth-order valence-corrected chi connectivity index (χ4v) is 3.11. The van der Waals surface area contributed by atoms with Crippen LogP contribution in [0.1, 0.15) is 41.3 Å². The standard InChI is InChI=1S/C18H22N2OS/c1-4-5-10-19-17(21)15-7-6-11-20-18(15)22-16-12-13(2)8-9-14(16)3/h6-9,11-12H,4-5,10H2,1-3H3,(H,19,21). The summed E-state index contributed by atoms with van der Waals surface area (Å²) in [5.41, 5.74) is 3.04. The van der Waals surface area contributed by atoms with Crippen molar-refractivity contribution in [2.75, 3.05) is 6.54 Å². The Morgan fingerprint density at radius 2 is 2.09 bits per heavy atom. The average Bonchev–Trinajstić information content (AvgIpc) is 2.51. The van der Waals surface area contributed by atoms with Gasteiger partial charge in [0.05, 0.1) is 5.56 Å². The summed E-state index contributed by atoms with van der Waals surface area (Å²) >= 11 is 1.55. The average molecular weight is 314 g/mol. The summed E-state index contributed by atoms with van der Waals surface area (Å²) in [5.74, 6) is -0.0469. The fourth-order valence-electron chi connectivity index (χ4n) is 2.04. The van der Waals surface area contributed by atoms with Crippen molar-refractivity contribution in [2.24, 2.45) is 0 Å². The highest BCUT2D eigenvalue weighted by molar-refractivity contribution is 7.99. The van der Waals surface area contributed by atoms with Crippen LogP contribution in [-0.2, 0) is 0 Å². The van der Waals surface area contributed by atoms with E-state index in [0.29, 0.717) is 12.1 Å². The number of carbonyl (C=O) groups is 1. The molecule has 0 aliphatic carbocycles. The molecule has 0 bridgehead atoms. The minimum atomic E-state index is -0.0469. The van der Waals surface area contributed by atoms with Gasteiger partial charge in [-0.3, -0.25) is 4.79 Å². The van der Waals surface area contributed by atoms with E-state index >= 15 is 0 Å². The van der Waals surface area contributed by atoms with Gasteiger partial charge in [-0.1, -0.05) is 37.2 Å². The lowest BCUT2D eigenvalue weighted by Crippen LogP contribution is -2.25. The quantitative estimate of drug-likeness (QED) is 0.805. The number of rotatable bonds is 6. The van der Waals surface area contributed by atoms with Crippen LogP contribution in [0.25, 0.3) is 0 Å². The van der Waals surface area contributed by atoms with Crippen LogP contribution in [-0.4, -0.2) is 17.4 Å². The predicted octanol–water partition coefficient (Wildman–Crippen LogP) is 4.38. The van der Waals surface area contributed by atoms with Crippen LogP contribution in [0.15, 0.2) is 46.5 Å². The Kier molecular flexibility index (Phi) is 6.01. The summed E-state index contributed by atoms with van der Waals surface area (Å²) in [5, 5.41) is 3.71. The maximum atomic E-state index is 12.3. The third-order valence-corrected chi connectivity index (χ3v) is 4.56. The largest absolute Gasteiger partial charge is 0.352 e. The number of carbonyl (C=O) groups excluding carboxylic acids is 1. The summed E-state index contributed by atoms with van der Waals surface area (Å²) in [6.45, 7) is 6.96. The van der Waals surface area contributed by atoms with Gasteiger partial charge in [-0.15, -0.1) is 0 Å². The molecule has 116 valence electrons. The normalized spacial score (nSPS) is 10.5. The Hall–Kier alpha value is -1.81. The van der Waals surface area contributed by atoms with Crippen LogP contribution in [0.2, 0.25) is 0 Å². The molecule has 0 saturated carbocycles. The molecule has 0 aliphatic rings. The van der Waals surface area contributed by atoms with E-state index in [4.69, 9.17) is 0 Å². The Morgan fingerprint density at radius 1 is 1.27 bits per heavy atom. The lowest BCUT2D eigenvalue weighted by atomic mass is 10.2. The monoisotopic (exact) mass is 314 g/mol. The molecular formula is C18H22N2OS. The second-order valence-corrected chi connectivity index (χ2v) is 6.37. The van der Waals surface area contributed by atoms with E-state index in [-0.39, 0.29) is 5.91 Å². The van der Waals surface area contributed by atoms with Gasteiger partial charge in [0.1, 0.15) is 5.03 Å². The molecule has 22 heavy (non-hydrogen) atoms. The van der Waals surface area contributed by atoms with E-state index in [1.165, 1.54) is 11.1 Å². The number of pyridine rings is 1. The van der Waals surface area contributed by atoms with Crippen LogP contribution in [0, 0.1) is 13.8 Å². The SMILES string of the molecule is CCCCNC(=O)c1cccnc1Sc1cc(C)ccc1C. The van der Waals surface area contributed by atoms with Crippen molar-refractivity contribution >= 4 is 17.7 Å². The van der Waals surface area contributed by atoms with E-state index in [9.17, 15) is 4.79 Å². The zero-order chi connectivity index (χ0) is 15.9. The maximum Gasteiger partial charge on any atom is 0.254 e. The van der Waals surface area contributed by atoms with Gasteiger partial charge in [-0.25, -0.2) is 4.98 Å². The summed E-state index contributed by atoms with van der Waals surface area (Å²) in [4.78, 5) is 17.9. The van der Waals surface area contributed by atoms with Crippen LogP contribution < -0.4 is 5.32 Å². The molecule has 3 nitrogen and oxygen atoms in total. The summed E-state index contributed by atoms with van der Waals surface area (Å²) in [6.07, 6.45) is 3.79. The molecule has 1 amide bonds. The number of nitrogens with zero attached hydrogens (tertiary/aromatic N) is 1. The van der Waals surface area contributed by atoms with Crippen molar-refractivity contribution in [1.82, 2.24) is 10.3 Å². The van der Waals surface area contributed by atoms with E-state index < -0.39 is 0 Å². The third-order valence-electron chi connectivity index (χ3n) is 3.38. The number of amides is 1. The number of nitrogens with one attached hydrogen (secondary N) is 1. The van der Waals surface area contributed by atoms with Crippen LogP contribution in [0.3, 0.4) is 0 Å². The number of benzene rings is 1. The van der Waals surface area contributed by atoms with E-state index in [1.807, 2.05) is 12.1 Å². The van der Waals surface area contributed by atoms with Crippen LogP contribution in [0.4, 0.5) is 0 Å². The smallest absolute Gasteiger partial charge is 0.254 e. The highest BCUT2D eigenvalue weighted by Gasteiger charge is 2.13. The molecule has 2 aromatic rings. The molecule has 1 heterocycles. The van der Waals surface area contributed by atoms with Crippen molar-refractivity contribution in [3.63, 3.8) is 0 Å². The van der Waals surface area contributed by atoms with Crippen molar-refractivity contribution in [3.8, 4) is 0 Å². The van der Waals surface area contributed by atoms with Crippen molar-refractivity contribution < 1.29 is 4.79 Å². The first kappa shape index (κ1) is 16.6. The van der Waals surface area contributed by atoms with Gasteiger partial charge >= 0.3 is 0 Å². The Balaban J connectivity index is 2.21. The molecule has 4 heteroatoms. The molecule has 0 unspecified atom stereocenters. The minimum Gasteiger partial charge on any atom is -0.352 e. The van der Waals surface area contributed by atoms with Crippen LogP contribution in [0.5, 0.6) is 0 Å². The lowest BCUT2D eigenvalue weighted by molar-refractivity contribution is 0.0949. The molecule has 1 N–H and O–H groups in total. The first-order valence-electron chi connectivity index (χ1n) is 7.60. The first-order chi connectivity index (χ1) is 10.6. The number of aryl methyl sites for hydroxylation is 2. The fraction of sp³-hybridized carbons (Fsp3) is 0.333. The van der Waals surface area contributed by atoms with E-state index in [0.717, 1.165) is 22.8 Å². The van der Waals surface area contributed by atoms with Gasteiger partial charge in [-0.05, 0) is 49.6 Å². The zero-order valence-corrected chi connectivity index (χ0v) is 14.2. The summed E-state index contributed by atoms with van der Waals surface area (Å²) in [7, 11) is 0. The molecule has 0 radical (unpaired) electrons. The van der Waals surface area contributed by atoms with Gasteiger partial charge in [0, 0.05) is 17.6 Å². The number of hydrogen-bond donors (Lipinski definition) is 1. The Morgan fingerprint density at radius 3 is 2.86 bits per heavy atom.